The van der Waals surface area contributed by atoms with Crippen LogP contribution in [0.15, 0.2) is 18.2 Å². The van der Waals surface area contributed by atoms with Crippen LogP contribution in [-0.2, 0) is 19.0 Å². The van der Waals surface area contributed by atoms with Gasteiger partial charge in [-0.2, -0.15) is 0 Å². The van der Waals surface area contributed by atoms with Crippen LogP contribution in [0.25, 0.3) is 0 Å². The second-order valence-corrected chi connectivity index (χ2v) is 4.87. The molecule has 0 spiro atoms. The summed E-state index contributed by atoms with van der Waals surface area (Å²) in [5.74, 6) is 0.320. The Morgan fingerprint density at radius 3 is 2.75 bits per heavy atom. The summed E-state index contributed by atoms with van der Waals surface area (Å²) >= 11 is 6.21. The Morgan fingerprint density at radius 1 is 1.35 bits per heavy atom. The van der Waals surface area contributed by atoms with Gasteiger partial charge in [0.05, 0.1) is 20.6 Å². The minimum atomic E-state index is -0.429. The van der Waals surface area contributed by atoms with Crippen LogP contribution in [0.5, 0.6) is 5.75 Å². The Morgan fingerprint density at radius 2 is 2.10 bits per heavy atom. The van der Waals surface area contributed by atoms with E-state index in [4.69, 9.17) is 25.8 Å². The third kappa shape index (κ3) is 3.23. The Hall–Kier alpha value is -1.30. The summed E-state index contributed by atoms with van der Waals surface area (Å²) in [5.41, 5.74) is 0.740. The van der Waals surface area contributed by atoms with Crippen molar-refractivity contribution < 1.29 is 23.7 Å². The van der Waals surface area contributed by atoms with E-state index in [1.165, 1.54) is 7.11 Å². The van der Waals surface area contributed by atoms with E-state index in [0.29, 0.717) is 10.8 Å². The molecule has 0 bridgehead atoms. The van der Waals surface area contributed by atoms with E-state index in [1.807, 2.05) is 0 Å². The maximum atomic E-state index is 11.4. The molecule has 6 heteroatoms. The van der Waals surface area contributed by atoms with Crippen LogP contribution in [0, 0.1) is 0 Å². The zero-order valence-electron chi connectivity index (χ0n) is 11.6. The molecule has 0 saturated carbocycles. The van der Waals surface area contributed by atoms with Crippen molar-refractivity contribution in [1.29, 1.82) is 0 Å². The number of hydrogen-bond acceptors (Lipinski definition) is 5. The third-order valence-corrected chi connectivity index (χ3v) is 3.49. The van der Waals surface area contributed by atoms with Gasteiger partial charge >= 0.3 is 5.97 Å². The second-order valence-electron chi connectivity index (χ2n) is 4.47. The van der Waals surface area contributed by atoms with E-state index >= 15 is 0 Å². The number of carbonyl (C=O) groups is 1. The Kier molecular flexibility index (Phi) is 4.86. The van der Waals surface area contributed by atoms with E-state index in [1.54, 1.807) is 32.2 Å². The quantitative estimate of drug-likeness (QED) is 0.800. The summed E-state index contributed by atoms with van der Waals surface area (Å²) in [5, 5.41) is 0.545. The van der Waals surface area contributed by atoms with E-state index in [-0.39, 0.29) is 12.4 Å². The first-order chi connectivity index (χ1) is 9.55. The monoisotopic (exact) mass is 300 g/mol. The van der Waals surface area contributed by atoms with Crippen molar-refractivity contribution in [1.82, 2.24) is 0 Å². The molecular weight excluding hydrogens is 284 g/mol. The average Bonchev–Trinajstić information content (AvgIpc) is 2.79. The lowest BCUT2D eigenvalue weighted by atomic mass is 10.0. The third-order valence-electron chi connectivity index (χ3n) is 3.15. The molecule has 110 valence electrons. The van der Waals surface area contributed by atoms with Crippen molar-refractivity contribution >= 4 is 17.6 Å². The fraction of sp³-hybridized carbons (Fsp3) is 0.500. The number of hydrogen-bond donors (Lipinski definition) is 0. The number of esters is 1. The first kappa shape index (κ1) is 15.1. The van der Waals surface area contributed by atoms with Crippen LogP contribution in [0.2, 0.25) is 5.02 Å². The average molecular weight is 301 g/mol. The van der Waals surface area contributed by atoms with Crippen LogP contribution >= 0.6 is 11.6 Å². The molecule has 1 aromatic rings. The van der Waals surface area contributed by atoms with Gasteiger partial charge < -0.3 is 18.9 Å². The highest BCUT2D eigenvalue weighted by molar-refractivity contribution is 6.31. The SMILES string of the molecule is COC(=O)C[C@H]1O[C@H](C)O[C@@H]1c1cc(OC)ccc1Cl. The maximum absolute atomic E-state index is 11.4. The van der Waals surface area contributed by atoms with Gasteiger partial charge in [-0.25, -0.2) is 0 Å². The number of methoxy groups -OCH3 is 2. The van der Waals surface area contributed by atoms with Crippen molar-refractivity contribution in [3.05, 3.63) is 28.8 Å². The highest BCUT2D eigenvalue weighted by Crippen LogP contribution is 2.39. The molecule has 0 N–H and O–H groups in total. The zero-order valence-corrected chi connectivity index (χ0v) is 12.3. The molecule has 1 aromatic carbocycles. The topological polar surface area (TPSA) is 54.0 Å². The molecule has 0 aromatic heterocycles. The van der Waals surface area contributed by atoms with Gasteiger partial charge in [0.1, 0.15) is 18.0 Å². The van der Waals surface area contributed by atoms with Gasteiger partial charge in [-0.1, -0.05) is 11.6 Å². The summed E-state index contributed by atoms with van der Waals surface area (Å²) in [4.78, 5) is 11.4. The summed E-state index contributed by atoms with van der Waals surface area (Å²) in [6.45, 7) is 1.78. The predicted octanol–water partition coefficient (Wildman–Crippen LogP) is 2.71. The lowest BCUT2D eigenvalue weighted by Crippen LogP contribution is -2.20. The van der Waals surface area contributed by atoms with Gasteiger partial charge in [0.25, 0.3) is 0 Å². The van der Waals surface area contributed by atoms with Crippen molar-refractivity contribution in [2.75, 3.05) is 14.2 Å². The van der Waals surface area contributed by atoms with Crippen molar-refractivity contribution in [2.24, 2.45) is 0 Å². The first-order valence-corrected chi connectivity index (χ1v) is 6.64. The predicted molar refractivity (Wildman–Crippen MR) is 72.8 cm³/mol. The van der Waals surface area contributed by atoms with Crippen molar-refractivity contribution in [3.63, 3.8) is 0 Å². The maximum Gasteiger partial charge on any atom is 0.308 e. The summed E-state index contributed by atoms with van der Waals surface area (Å²) in [6.07, 6.45) is -1.15. The van der Waals surface area contributed by atoms with E-state index < -0.39 is 18.5 Å². The molecule has 20 heavy (non-hydrogen) atoms. The minimum absolute atomic E-state index is 0.110. The highest BCUT2D eigenvalue weighted by atomic mass is 35.5. The molecule has 0 amide bonds. The molecule has 1 aliphatic heterocycles. The first-order valence-electron chi connectivity index (χ1n) is 6.26. The molecule has 0 aliphatic carbocycles. The van der Waals surface area contributed by atoms with Crippen LogP contribution in [0.1, 0.15) is 25.0 Å². The van der Waals surface area contributed by atoms with E-state index in [2.05, 4.69) is 4.74 Å². The Balaban J connectivity index is 2.26. The normalized spacial score (nSPS) is 25.5. The van der Waals surface area contributed by atoms with Crippen LogP contribution in [0.3, 0.4) is 0 Å². The van der Waals surface area contributed by atoms with Gasteiger partial charge in [-0.15, -0.1) is 0 Å². The fourth-order valence-electron chi connectivity index (χ4n) is 2.19. The van der Waals surface area contributed by atoms with Crippen molar-refractivity contribution in [3.8, 4) is 5.75 Å². The van der Waals surface area contributed by atoms with Gasteiger partial charge in [0, 0.05) is 10.6 Å². The van der Waals surface area contributed by atoms with Gasteiger partial charge in [0.15, 0.2) is 6.29 Å². The van der Waals surface area contributed by atoms with Crippen molar-refractivity contribution in [2.45, 2.75) is 31.8 Å². The zero-order chi connectivity index (χ0) is 14.7. The molecule has 0 unspecified atom stereocenters. The standard InChI is InChI=1S/C14H17ClO5/c1-8-19-12(7-13(16)18-3)14(20-8)10-6-9(17-2)4-5-11(10)15/h4-6,8,12,14H,7H2,1-3H3/t8-,12+,14+/m0/s1. The fourth-order valence-corrected chi connectivity index (χ4v) is 2.41. The minimum Gasteiger partial charge on any atom is -0.497 e. The molecule has 0 radical (unpaired) electrons. The Bertz CT molecular complexity index is 490. The van der Waals surface area contributed by atoms with Crippen LogP contribution in [-0.4, -0.2) is 32.6 Å². The molecule has 5 nitrogen and oxygen atoms in total. The van der Waals surface area contributed by atoms with Crippen LogP contribution in [0.4, 0.5) is 0 Å². The number of halogens is 1. The van der Waals surface area contributed by atoms with E-state index in [9.17, 15) is 4.79 Å². The summed E-state index contributed by atoms with van der Waals surface area (Å²) in [6, 6.07) is 5.29. The molecule has 1 saturated heterocycles. The number of benzene rings is 1. The van der Waals surface area contributed by atoms with E-state index in [0.717, 1.165) is 5.56 Å². The number of carbonyl (C=O) groups excluding carboxylic acids is 1. The highest BCUT2D eigenvalue weighted by Gasteiger charge is 2.38. The molecule has 3 atom stereocenters. The number of rotatable bonds is 4. The lowest BCUT2D eigenvalue weighted by molar-refractivity contribution is -0.143. The Labute approximate surface area is 122 Å². The van der Waals surface area contributed by atoms with Gasteiger partial charge in [0.2, 0.25) is 0 Å². The summed E-state index contributed by atoms with van der Waals surface area (Å²) < 4.78 is 21.2. The molecule has 2 rings (SSSR count). The van der Waals surface area contributed by atoms with Crippen LogP contribution < -0.4 is 4.74 Å². The van der Waals surface area contributed by atoms with Gasteiger partial charge in [-0.3, -0.25) is 4.79 Å². The number of ether oxygens (including phenoxy) is 4. The molecule has 1 heterocycles. The molecular formula is C14H17ClO5. The smallest absolute Gasteiger partial charge is 0.308 e. The second kappa shape index (κ2) is 6.43. The van der Waals surface area contributed by atoms with Gasteiger partial charge in [-0.05, 0) is 25.1 Å². The summed E-state index contributed by atoms with van der Waals surface area (Å²) in [7, 11) is 2.92. The molecule has 1 fully saturated rings. The molecule has 1 aliphatic rings. The lowest BCUT2D eigenvalue weighted by Gasteiger charge is -2.18. The largest absolute Gasteiger partial charge is 0.497 e.